The number of hydrogen-bond donors (Lipinski definition) is 2. The monoisotopic (exact) mass is 336 g/mol. The van der Waals surface area contributed by atoms with Crippen molar-refractivity contribution in [1.29, 1.82) is 0 Å². The maximum atomic E-state index is 12.4. The summed E-state index contributed by atoms with van der Waals surface area (Å²) in [6, 6.07) is 4.04. The predicted octanol–water partition coefficient (Wildman–Crippen LogP) is 1.58. The highest BCUT2D eigenvalue weighted by Gasteiger charge is 2.24. The van der Waals surface area contributed by atoms with E-state index in [0.29, 0.717) is 16.8 Å². The van der Waals surface area contributed by atoms with Crippen LogP contribution >= 0.6 is 0 Å². The van der Waals surface area contributed by atoms with Gasteiger partial charge in [0.25, 0.3) is 5.91 Å². The number of carbonyl (C=O) groups excluding carboxylic acids is 3. The van der Waals surface area contributed by atoms with Crippen molar-refractivity contribution in [2.24, 2.45) is 0 Å². The number of rotatable bonds is 8. The van der Waals surface area contributed by atoms with E-state index in [-0.39, 0.29) is 26.1 Å². The standard InChI is InChI=1S/C17H24N2O5/c1-4-23-15(20)10-9-14(17(22)24-5-2)19-16(21)12-7-6-8-13(18)11(12)3/h6-8,14H,4-5,9-10,18H2,1-3H3,(H,19,21)/t14-/m0/s1. The lowest BCUT2D eigenvalue weighted by Gasteiger charge is -2.18. The highest BCUT2D eigenvalue weighted by Crippen LogP contribution is 2.16. The fraction of sp³-hybridized carbons (Fsp3) is 0.471. The molecule has 0 aromatic heterocycles. The summed E-state index contributed by atoms with van der Waals surface area (Å²) in [4.78, 5) is 35.9. The van der Waals surface area contributed by atoms with Gasteiger partial charge in [0.05, 0.1) is 13.2 Å². The minimum Gasteiger partial charge on any atom is -0.466 e. The predicted molar refractivity (Wildman–Crippen MR) is 89.3 cm³/mol. The van der Waals surface area contributed by atoms with E-state index in [4.69, 9.17) is 15.2 Å². The number of nitrogens with one attached hydrogen (secondary N) is 1. The molecule has 1 rings (SSSR count). The lowest BCUT2D eigenvalue weighted by Crippen LogP contribution is -2.42. The molecule has 0 spiro atoms. The maximum Gasteiger partial charge on any atom is 0.328 e. The van der Waals surface area contributed by atoms with Crippen molar-refractivity contribution in [2.45, 2.75) is 39.7 Å². The van der Waals surface area contributed by atoms with Crippen molar-refractivity contribution < 1.29 is 23.9 Å². The molecule has 1 aromatic rings. The van der Waals surface area contributed by atoms with Gasteiger partial charge >= 0.3 is 11.9 Å². The molecule has 7 heteroatoms. The SMILES string of the molecule is CCOC(=O)CC[C@H](NC(=O)c1cccc(N)c1C)C(=O)OCC. The van der Waals surface area contributed by atoms with Gasteiger partial charge < -0.3 is 20.5 Å². The Morgan fingerprint density at radius 3 is 2.46 bits per heavy atom. The van der Waals surface area contributed by atoms with Gasteiger partial charge in [-0.1, -0.05) is 6.07 Å². The van der Waals surface area contributed by atoms with Crippen LogP contribution < -0.4 is 11.1 Å². The molecule has 1 amide bonds. The molecule has 0 aliphatic rings. The summed E-state index contributed by atoms with van der Waals surface area (Å²) < 4.78 is 9.79. The van der Waals surface area contributed by atoms with Crippen LogP contribution in [-0.2, 0) is 19.1 Å². The second kappa shape index (κ2) is 9.54. The van der Waals surface area contributed by atoms with E-state index in [1.165, 1.54) is 0 Å². The Balaban J connectivity index is 2.83. The van der Waals surface area contributed by atoms with Gasteiger partial charge in [-0.2, -0.15) is 0 Å². The first kappa shape index (κ1) is 19.5. The van der Waals surface area contributed by atoms with Gasteiger partial charge in [-0.15, -0.1) is 0 Å². The van der Waals surface area contributed by atoms with E-state index in [1.807, 2.05) is 0 Å². The average molecular weight is 336 g/mol. The number of anilines is 1. The van der Waals surface area contributed by atoms with Crippen molar-refractivity contribution in [3.8, 4) is 0 Å². The molecule has 1 atom stereocenters. The molecule has 0 fully saturated rings. The van der Waals surface area contributed by atoms with Crippen LogP contribution in [0.5, 0.6) is 0 Å². The van der Waals surface area contributed by atoms with Crippen LogP contribution in [0.3, 0.4) is 0 Å². The van der Waals surface area contributed by atoms with E-state index in [9.17, 15) is 14.4 Å². The summed E-state index contributed by atoms with van der Waals surface area (Å²) in [5.41, 5.74) is 7.29. The molecule has 0 aliphatic heterocycles. The molecule has 0 saturated heterocycles. The molecule has 0 saturated carbocycles. The molecule has 0 heterocycles. The van der Waals surface area contributed by atoms with Crippen molar-refractivity contribution >= 4 is 23.5 Å². The van der Waals surface area contributed by atoms with Gasteiger partial charge in [0.1, 0.15) is 6.04 Å². The lowest BCUT2D eigenvalue weighted by molar-refractivity contribution is -0.146. The van der Waals surface area contributed by atoms with E-state index in [0.717, 1.165) is 0 Å². The Bertz CT molecular complexity index is 601. The molecular weight excluding hydrogens is 312 g/mol. The van der Waals surface area contributed by atoms with Crippen molar-refractivity contribution in [3.63, 3.8) is 0 Å². The lowest BCUT2D eigenvalue weighted by atomic mass is 10.1. The quantitative estimate of drug-likeness (QED) is 0.551. The topological polar surface area (TPSA) is 108 Å². The van der Waals surface area contributed by atoms with Crippen LogP contribution in [0.2, 0.25) is 0 Å². The van der Waals surface area contributed by atoms with Gasteiger partial charge in [-0.3, -0.25) is 9.59 Å². The van der Waals surface area contributed by atoms with Crippen LogP contribution in [0.4, 0.5) is 5.69 Å². The molecule has 0 unspecified atom stereocenters. The number of amides is 1. The Morgan fingerprint density at radius 2 is 1.83 bits per heavy atom. The Kier molecular flexibility index (Phi) is 7.74. The van der Waals surface area contributed by atoms with Gasteiger partial charge in [-0.05, 0) is 44.9 Å². The van der Waals surface area contributed by atoms with Crippen LogP contribution in [0, 0.1) is 6.92 Å². The largest absolute Gasteiger partial charge is 0.466 e. The van der Waals surface area contributed by atoms with Gasteiger partial charge in [0, 0.05) is 17.7 Å². The molecular formula is C17H24N2O5. The number of nitrogens with two attached hydrogens (primary N) is 1. The number of nitrogen functional groups attached to an aromatic ring is 1. The van der Waals surface area contributed by atoms with E-state index in [1.54, 1.807) is 39.0 Å². The second-order valence-electron chi connectivity index (χ2n) is 5.14. The first-order valence-corrected chi connectivity index (χ1v) is 7.88. The summed E-state index contributed by atoms with van der Waals surface area (Å²) >= 11 is 0. The third-order valence-electron chi connectivity index (χ3n) is 3.44. The van der Waals surface area contributed by atoms with E-state index in [2.05, 4.69) is 5.32 Å². The Morgan fingerprint density at radius 1 is 1.17 bits per heavy atom. The Labute approximate surface area is 141 Å². The fourth-order valence-electron chi connectivity index (χ4n) is 2.12. The first-order chi connectivity index (χ1) is 11.4. The third kappa shape index (κ3) is 5.57. The minimum atomic E-state index is -0.928. The van der Waals surface area contributed by atoms with E-state index < -0.39 is 23.9 Å². The van der Waals surface area contributed by atoms with Crippen molar-refractivity contribution in [3.05, 3.63) is 29.3 Å². The fourth-order valence-corrected chi connectivity index (χ4v) is 2.12. The van der Waals surface area contributed by atoms with Crippen LogP contribution in [0.15, 0.2) is 18.2 Å². The third-order valence-corrected chi connectivity index (χ3v) is 3.44. The zero-order valence-electron chi connectivity index (χ0n) is 14.3. The van der Waals surface area contributed by atoms with Crippen LogP contribution in [-0.4, -0.2) is 37.1 Å². The Hall–Kier alpha value is -2.57. The summed E-state index contributed by atoms with van der Waals surface area (Å²) in [6.45, 7) is 5.54. The molecule has 0 radical (unpaired) electrons. The van der Waals surface area contributed by atoms with Crippen molar-refractivity contribution in [1.82, 2.24) is 5.32 Å². The zero-order valence-corrected chi connectivity index (χ0v) is 14.3. The molecule has 132 valence electrons. The number of carbonyl (C=O) groups is 3. The van der Waals surface area contributed by atoms with Crippen LogP contribution in [0.1, 0.15) is 42.6 Å². The van der Waals surface area contributed by atoms with E-state index >= 15 is 0 Å². The highest BCUT2D eigenvalue weighted by atomic mass is 16.5. The number of benzene rings is 1. The molecule has 3 N–H and O–H groups in total. The number of esters is 2. The molecule has 24 heavy (non-hydrogen) atoms. The van der Waals surface area contributed by atoms with Gasteiger partial charge in [-0.25, -0.2) is 4.79 Å². The minimum absolute atomic E-state index is 0.00745. The highest BCUT2D eigenvalue weighted by molar-refractivity contribution is 5.99. The van der Waals surface area contributed by atoms with Crippen molar-refractivity contribution in [2.75, 3.05) is 18.9 Å². The summed E-state index contributed by atoms with van der Waals surface area (Å²) in [6.07, 6.45) is 0.109. The second-order valence-corrected chi connectivity index (χ2v) is 5.14. The summed E-state index contributed by atoms with van der Waals surface area (Å²) in [5, 5.41) is 2.61. The molecule has 0 aliphatic carbocycles. The number of hydrogen-bond acceptors (Lipinski definition) is 6. The normalized spacial score (nSPS) is 11.5. The average Bonchev–Trinajstić information content (AvgIpc) is 2.54. The van der Waals surface area contributed by atoms with Crippen LogP contribution in [0.25, 0.3) is 0 Å². The van der Waals surface area contributed by atoms with Gasteiger partial charge in [0.15, 0.2) is 0 Å². The number of ether oxygens (including phenoxy) is 2. The molecule has 0 bridgehead atoms. The molecule has 7 nitrogen and oxygen atoms in total. The summed E-state index contributed by atoms with van der Waals surface area (Å²) in [5.74, 6) is -1.46. The maximum absolute atomic E-state index is 12.4. The molecule has 1 aromatic carbocycles. The zero-order chi connectivity index (χ0) is 18.1. The smallest absolute Gasteiger partial charge is 0.328 e. The summed E-state index contributed by atoms with van der Waals surface area (Å²) in [7, 11) is 0. The van der Waals surface area contributed by atoms with Gasteiger partial charge in [0.2, 0.25) is 0 Å². The first-order valence-electron chi connectivity index (χ1n) is 7.88.